The van der Waals surface area contributed by atoms with E-state index in [1.807, 2.05) is 36.4 Å². The minimum absolute atomic E-state index is 0.201. The standard InChI is InChI=1S/C21H17N5O3/c1-29-15-9-6-14(7-10-15)18-12-19(24-23-18)21(28)26-25-20(27)17-11-8-13-4-2-3-5-16(13)22-17/h2-12H,1H3,(H,23,24)(H,25,27)(H,26,28). The molecule has 0 aliphatic rings. The molecule has 2 amide bonds. The molecule has 0 aliphatic heterocycles. The highest BCUT2D eigenvalue weighted by Gasteiger charge is 2.14. The van der Waals surface area contributed by atoms with E-state index in [1.165, 1.54) is 0 Å². The lowest BCUT2D eigenvalue weighted by Gasteiger charge is -2.06. The van der Waals surface area contributed by atoms with Gasteiger partial charge in [0.05, 0.1) is 18.3 Å². The minimum Gasteiger partial charge on any atom is -0.497 e. The van der Waals surface area contributed by atoms with E-state index in [0.717, 1.165) is 16.7 Å². The summed E-state index contributed by atoms with van der Waals surface area (Å²) in [5.41, 5.74) is 7.25. The van der Waals surface area contributed by atoms with Crippen molar-refractivity contribution in [2.45, 2.75) is 0 Å². The fraction of sp³-hybridized carbons (Fsp3) is 0.0476. The summed E-state index contributed by atoms with van der Waals surface area (Å²) in [6, 6.07) is 19.7. The van der Waals surface area contributed by atoms with Crippen molar-refractivity contribution in [2.24, 2.45) is 0 Å². The Labute approximate surface area is 165 Å². The van der Waals surface area contributed by atoms with Crippen LogP contribution in [-0.2, 0) is 0 Å². The highest BCUT2D eigenvalue weighted by Crippen LogP contribution is 2.21. The van der Waals surface area contributed by atoms with E-state index in [1.54, 1.807) is 37.4 Å². The molecule has 0 saturated heterocycles. The number of hydrogen-bond acceptors (Lipinski definition) is 5. The van der Waals surface area contributed by atoms with Crippen LogP contribution in [0.3, 0.4) is 0 Å². The summed E-state index contributed by atoms with van der Waals surface area (Å²) >= 11 is 0. The summed E-state index contributed by atoms with van der Waals surface area (Å²) in [6.07, 6.45) is 0. The predicted molar refractivity (Wildman–Crippen MR) is 107 cm³/mol. The van der Waals surface area contributed by atoms with Gasteiger partial charge in [-0.3, -0.25) is 25.5 Å². The highest BCUT2D eigenvalue weighted by molar-refractivity contribution is 5.98. The molecule has 2 aromatic heterocycles. The number of H-pyrrole nitrogens is 1. The number of para-hydroxylation sites is 1. The summed E-state index contributed by atoms with van der Waals surface area (Å²) in [5, 5.41) is 7.72. The van der Waals surface area contributed by atoms with Crippen LogP contribution >= 0.6 is 0 Å². The van der Waals surface area contributed by atoms with E-state index < -0.39 is 11.8 Å². The second-order valence-corrected chi connectivity index (χ2v) is 6.19. The van der Waals surface area contributed by atoms with Crippen molar-refractivity contribution in [1.29, 1.82) is 0 Å². The number of hydrazine groups is 1. The molecule has 0 spiro atoms. The Morgan fingerprint density at radius 1 is 0.931 bits per heavy atom. The first-order valence-corrected chi connectivity index (χ1v) is 8.80. The minimum atomic E-state index is -0.522. The third-order valence-electron chi connectivity index (χ3n) is 4.33. The van der Waals surface area contributed by atoms with E-state index in [2.05, 4.69) is 26.0 Å². The number of nitrogens with one attached hydrogen (secondary N) is 3. The molecule has 0 atom stereocenters. The summed E-state index contributed by atoms with van der Waals surface area (Å²) in [6.45, 7) is 0. The summed E-state index contributed by atoms with van der Waals surface area (Å²) in [5.74, 6) is -0.308. The van der Waals surface area contributed by atoms with Gasteiger partial charge in [0.2, 0.25) is 0 Å². The zero-order valence-corrected chi connectivity index (χ0v) is 15.5. The van der Waals surface area contributed by atoms with Crippen molar-refractivity contribution in [3.8, 4) is 17.0 Å². The Morgan fingerprint density at radius 3 is 2.48 bits per heavy atom. The van der Waals surface area contributed by atoms with E-state index in [4.69, 9.17) is 4.74 Å². The monoisotopic (exact) mass is 387 g/mol. The first-order chi connectivity index (χ1) is 14.1. The normalized spacial score (nSPS) is 10.5. The molecule has 3 N–H and O–H groups in total. The zero-order chi connectivity index (χ0) is 20.2. The Balaban J connectivity index is 1.41. The third-order valence-corrected chi connectivity index (χ3v) is 4.33. The second-order valence-electron chi connectivity index (χ2n) is 6.19. The topological polar surface area (TPSA) is 109 Å². The van der Waals surface area contributed by atoms with Gasteiger partial charge in [0, 0.05) is 10.9 Å². The number of carbonyl (C=O) groups excluding carboxylic acids is 2. The van der Waals surface area contributed by atoms with E-state index in [9.17, 15) is 9.59 Å². The van der Waals surface area contributed by atoms with Gasteiger partial charge in [0.1, 0.15) is 17.1 Å². The number of aromatic amines is 1. The number of aromatic nitrogens is 3. The summed E-state index contributed by atoms with van der Waals surface area (Å²) in [7, 11) is 1.59. The second kappa shape index (κ2) is 7.81. The molecule has 29 heavy (non-hydrogen) atoms. The smallest absolute Gasteiger partial charge is 0.288 e. The van der Waals surface area contributed by atoms with Gasteiger partial charge in [-0.05, 0) is 42.5 Å². The summed E-state index contributed by atoms with van der Waals surface area (Å²) < 4.78 is 5.13. The lowest BCUT2D eigenvalue weighted by molar-refractivity contribution is 0.0841. The molecule has 0 bridgehead atoms. The van der Waals surface area contributed by atoms with Crippen LogP contribution in [0, 0.1) is 0 Å². The fourth-order valence-electron chi connectivity index (χ4n) is 2.79. The SMILES string of the molecule is COc1ccc(-c2cc(C(=O)NNC(=O)c3ccc4ccccc4n3)[nH]n2)cc1. The number of hydrogen-bond donors (Lipinski definition) is 3. The van der Waals surface area contributed by atoms with Crippen LogP contribution in [0.25, 0.3) is 22.2 Å². The molecular weight excluding hydrogens is 370 g/mol. The number of pyridine rings is 1. The van der Waals surface area contributed by atoms with Crippen molar-refractivity contribution < 1.29 is 14.3 Å². The van der Waals surface area contributed by atoms with Crippen LogP contribution in [0.15, 0.2) is 66.7 Å². The van der Waals surface area contributed by atoms with Crippen LogP contribution in [0.2, 0.25) is 0 Å². The average Bonchev–Trinajstić information content (AvgIpc) is 3.27. The van der Waals surface area contributed by atoms with Gasteiger partial charge >= 0.3 is 0 Å². The number of fused-ring (bicyclic) bond motifs is 1. The fourth-order valence-corrected chi connectivity index (χ4v) is 2.79. The van der Waals surface area contributed by atoms with E-state index in [0.29, 0.717) is 11.2 Å². The average molecular weight is 387 g/mol. The number of nitrogens with zero attached hydrogens (tertiary/aromatic N) is 2. The van der Waals surface area contributed by atoms with Crippen LogP contribution in [0.5, 0.6) is 5.75 Å². The van der Waals surface area contributed by atoms with Gasteiger partial charge in [0.25, 0.3) is 11.8 Å². The molecule has 8 heteroatoms. The number of carbonyl (C=O) groups is 2. The molecule has 144 valence electrons. The van der Waals surface area contributed by atoms with Gasteiger partial charge in [-0.15, -0.1) is 0 Å². The maximum atomic E-state index is 12.3. The van der Waals surface area contributed by atoms with Gasteiger partial charge in [-0.2, -0.15) is 5.10 Å². The van der Waals surface area contributed by atoms with Gasteiger partial charge < -0.3 is 4.74 Å². The first-order valence-electron chi connectivity index (χ1n) is 8.80. The number of rotatable bonds is 4. The Kier molecular flexibility index (Phi) is 4.90. The largest absolute Gasteiger partial charge is 0.497 e. The molecule has 8 nitrogen and oxygen atoms in total. The summed E-state index contributed by atoms with van der Waals surface area (Å²) in [4.78, 5) is 28.9. The molecule has 0 radical (unpaired) electrons. The van der Waals surface area contributed by atoms with Gasteiger partial charge in [-0.1, -0.05) is 24.3 Å². The van der Waals surface area contributed by atoms with Crippen LogP contribution < -0.4 is 15.6 Å². The van der Waals surface area contributed by atoms with Crippen LogP contribution in [0.1, 0.15) is 21.0 Å². The molecule has 0 aliphatic carbocycles. The Bertz CT molecular complexity index is 1180. The molecule has 0 fully saturated rings. The molecule has 0 saturated carbocycles. The van der Waals surface area contributed by atoms with Crippen LogP contribution in [-0.4, -0.2) is 34.1 Å². The third kappa shape index (κ3) is 3.91. The molecule has 2 aromatic carbocycles. The lowest BCUT2D eigenvalue weighted by atomic mass is 10.1. The molecule has 0 unspecified atom stereocenters. The molecule has 4 aromatic rings. The van der Waals surface area contributed by atoms with Crippen molar-refractivity contribution in [1.82, 2.24) is 26.0 Å². The van der Waals surface area contributed by atoms with Crippen molar-refractivity contribution >= 4 is 22.7 Å². The maximum Gasteiger partial charge on any atom is 0.288 e. The number of benzene rings is 2. The van der Waals surface area contributed by atoms with Crippen molar-refractivity contribution in [3.05, 3.63) is 78.1 Å². The molecular formula is C21H17N5O3. The maximum absolute atomic E-state index is 12.3. The highest BCUT2D eigenvalue weighted by atomic mass is 16.5. The zero-order valence-electron chi connectivity index (χ0n) is 15.5. The molecule has 2 heterocycles. The Hall–Kier alpha value is -4.20. The molecule has 4 rings (SSSR count). The number of methoxy groups -OCH3 is 1. The van der Waals surface area contributed by atoms with E-state index in [-0.39, 0.29) is 11.4 Å². The van der Waals surface area contributed by atoms with E-state index >= 15 is 0 Å². The van der Waals surface area contributed by atoms with Crippen molar-refractivity contribution in [3.63, 3.8) is 0 Å². The van der Waals surface area contributed by atoms with Gasteiger partial charge in [-0.25, -0.2) is 4.98 Å². The van der Waals surface area contributed by atoms with Crippen LogP contribution in [0.4, 0.5) is 0 Å². The number of amides is 2. The first kappa shape index (κ1) is 18.2. The van der Waals surface area contributed by atoms with Crippen molar-refractivity contribution in [2.75, 3.05) is 7.11 Å². The number of ether oxygens (including phenoxy) is 1. The Morgan fingerprint density at radius 2 is 1.69 bits per heavy atom. The van der Waals surface area contributed by atoms with Gasteiger partial charge in [0.15, 0.2) is 0 Å². The quantitative estimate of drug-likeness (QED) is 0.467. The predicted octanol–water partition coefficient (Wildman–Crippen LogP) is 2.71. The lowest BCUT2D eigenvalue weighted by Crippen LogP contribution is -2.42.